The molecule has 0 fully saturated rings. The number of hydrogen-bond acceptors (Lipinski definition) is 5. The highest BCUT2D eigenvalue weighted by Gasteiger charge is 2.29. The molecule has 2 aliphatic heterocycles. The van der Waals surface area contributed by atoms with E-state index in [4.69, 9.17) is 4.98 Å². The molecular formula is C31H25N3O3. The first-order chi connectivity index (χ1) is 18.1. The second-order valence-corrected chi connectivity index (χ2v) is 9.91. The minimum atomic E-state index is -1.06. The van der Waals surface area contributed by atoms with Gasteiger partial charge in [0, 0.05) is 46.2 Å². The molecule has 2 aliphatic rings. The van der Waals surface area contributed by atoms with Gasteiger partial charge in [0.1, 0.15) is 11.4 Å². The minimum absolute atomic E-state index is 0.00283. The molecule has 0 saturated heterocycles. The monoisotopic (exact) mass is 487 g/mol. The average molecular weight is 488 g/mol. The number of benzene rings is 3. The highest BCUT2D eigenvalue weighted by Crippen LogP contribution is 2.46. The van der Waals surface area contributed by atoms with Crippen molar-refractivity contribution in [1.82, 2.24) is 9.97 Å². The molecule has 6 nitrogen and oxygen atoms in total. The summed E-state index contributed by atoms with van der Waals surface area (Å²) >= 11 is 0. The van der Waals surface area contributed by atoms with Crippen LogP contribution in [0.5, 0.6) is 5.75 Å². The average Bonchev–Trinajstić information content (AvgIpc) is 2.93. The molecule has 4 heterocycles. The highest BCUT2D eigenvalue weighted by atomic mass is 16.4. The summed E-state index contributed by atoms with van der Waals surface area (Å²) in [6.07, 6.45) is 4.00. The molecule has 5 aromatic rings. The second kappa shape index (κ2) is 8.30. The number of phenolic OH excluding ortho intramolecular Hbond substituents is 1. The first-order valence-corrected chi connectivity index (χ1v) is 12.7. The number of pyridine rings is 2. The Morgan fingerprint density at radius 1 is 0.838 bits per heavy atom. The van der Waals surface area contributed by atoms with Crippen LogP contribution in [0.15, 0.2) is 66.7 Å². The molecule has 0 aliphatic carbocycles. The van der Waals surface area contributed by atoms with Gasteiger partial charge >= 0.3 is 5.97 Å². The molecule has 2 aromatic heterocycles. The Labute approximate surface area is 213 Å². The molecule has 6 heteroatoms. The third kappa shape index (κ3) is 3.44. The number of carbonyl (C=O) groups is 1. The van der Waals surface area contributed by atoms with E-state index in [0.29, 0.717) is 17.0 Å². The number of hydrogen-bond donors (Lipinski definition) is 2. The third-order valence-corrected chi connectivity index (χ3v) is 7.71. The zero-order valence-electron chi connectivity index (χ0n) is 20.2. The van der Waals surface area contributed by atoms with Crippen LogP contribution in [0, 0.1) is 0 Å². The number of aromatic carboxylic acids is 1. The van der Waals surface area contributed by atoms with Gasteiger partial charge in [0.05, 0.1) is 16.9 Å². The number of nitrogens with zero attached hydrogens (tertiary/aromatic N) is 3. The third-order valence-electron chi connectivity index (χ3n) is 7.71. The normalized spacial score (nSPS) is 14.6. The molecular weight excluding hydrogens is 462 g/mol. The molecule has 7 rings (SSSR count). The fourth-order valence-corrected chi connectivity index (χ4v) is 6.04. The zero-order valence-corrected chi connectivity index (χ0v) is 20.2. The van der Waals surface area contributed by atoms with Crippen molar-refractivity contribution < 1.29 is 15.0 Å². The van der Waals surface area contributed by atoms with Crippen molar-refractivity contribution >= 4 is 33.3 Å². The summed E-state index contributed by atoms with van der Waals surface area (Å²) in [4.78, 5) is 23.6. The quantitative estimate of drug-likeness (QED) is 0.314. The predicted molar refractivity (Wildman–Crippen MR) is 145 cm³/mol. The van der Waals surface area contributed by atoms with Gasteiger partial charge in [0.15, 0.2) is 0 Å². The number of aromatic hydroxyl groups is 1. The van der Waals surface area contributed by atoms with E-state index in [2.05, 4.69) is 16.0 Å². The maximum absolute atomic E-state index is 11.6. The predicted octanol–water partition coefficient (Wildman–Crippen LogP) is 6.22. The maximum Gasteiger partial charge on any atom is 0.354 e. The molecule has 0 spiro atoms. The molecule has 0 bridgehead atoms. The largest absolute Gasteiger partial charge is 0.507 e. The Balaban J connectivity index is 1.51. The van der Waals surface area contributed by atoms with Crippen LogP contribution >= 0.6 is 0 Å². The number of carboxylic acid groups (broad SMARTS) is 1. The number of fused-ring (bicyclic) bond motifs is 2. The molecule has 37 heavy (non-hydrogen) atoms. The lowest BCUT2D eigenvalue weighted by molar-refractivity contribution is 0.0691. The Hall–Kier alpha value is -4.45. The van der Waals surface area contributed by atoms with Crippen molar-refractivity contribution in [3.63, 3.8) is 0 Å². The van der Waals surface area contributed by atoms with Crippen LogP contribution in [0.2, 0.25) is 0 Å². The van der Waals surface area contributed by atoms with Gasteiger partial charge in [-0.05, 0) is 54.8 Å². The summed E-state index contributed by atoms with van der Waals surface area (Å²) in [5.41, 5.74) is 7.08. The highest BCUT2D eigenvalue weighted by molar-refractivity contribution is 6.02. The van der Waals surface area contributed by atoms with Crippen molar-refractivity contribution in [2.45, 2.75) is 25.7 Å². The van der Waals surface area contributed by atoms with Crippen LogP contribution in [0.25, 0.3) is 44.2 Å². The van der Waals surface area contributed by atoms with E-state index in [-0.39, 0.29) is 5.69 Å². The molecule has 0 unspecified atom stereocenters. The smallest absolute Gasteiger partial charge is 0.354 e. The fraction of sp³-hybridized carbons (Fsp3) is 0.194. The molecule has 182 valence electrons. The van der Waals surface area contributed by atoms with E-state index in [1.165, 1.54) is 17.3 Å². The molecule has 2 N–H and O–H groups in total. The van der Waals surface area contributed by atoms with Crippen molar-refractivity contribution in [1.29, 1.82) is 0 Å². The summed E-state index contributed by atoms with van der Waals surface area (Å²) in [7, 11) is 0. The lowest BCUT2D eigenvalue weighted by atomic mass is 9.87. The van der Waals surface area contributed by atoms with E-state index >= 15 is 0 Å². The van der Waals surface area contributed by atoms with Crippen LogP contribution < -0.4 is 4.90 Å². The van der Waals surface area contributed by atoms with Crippen LogP contribution in [0.1, 0.15) is 34.5 Å². The van der Waals surface area contributed by atoms with E-state index in [9.17, 15) is 15.0 Å². The molecule has 0 atom stereocenters. The van der Waals surface area contributed by atoms with Gasteiger partial charge in [0.2, 0.25) is 0 Å². The van der Waals surface area contributed by atoms with E-state index < -0.39 is 5.97 Å². The molecule has 0 radical (unpaired) electrons. The van der Waals surface area contributed by atoms with Crippen LogP contribution in [-0.2, 0) is 12.8 Å². The molecule has 3 aromatic carbocycles. The van der Waals surface area contributed by atoms with Gasteiger partial charge in [-0.25, -0.2) is 14.8 Å². The van der Waals surface area contributed by atoms with Gasteiger partial charge < -0.3 is 15.1 Å². The summed E-state index contributed by atoms with van der Waals surface area (Å²) in [6.45, 7) is 2.09. The summed E-state index contributed by atoms with van der Waals surface area (Å²) in [5.74, 6) is -0.741. The Morgan fingerprint density at radius 2 is 1.65 bits per heavy atom. The van der Waals surface area contributed by atoms with Crippen molar-refractivity contribution in [2.75, 3.05) is 18.0 Å². The summed E-state index contributed by atoms with van der Waals surface area (Å²) in [6, 6.07) is 21.3. The molecule has 0 amide bonds. The van der Waals surface area contributed by atoms with Gasteiger partial charge in [0.25, 0.3) is 0 Å². The number of para-hydroxylation sites is 1. The van der Waals surface area contributed by atoms with Crippen molar-refractivity contribution in [2.24, 2.45) is 0 Å². The number of aromatic nitrogens is 2. The van der Waals surface area contributed by atoms with Crippen LogP contribution in [0.3, 0.4) is 0 Å². The van der Waals surface area contributed by atoms with Crippen LogP contribution in [0.4, 0.5) is 5.69 Å². The standard InChI is InChI=1S/C31H25N3O3/c35-30-23-11-5-15-34-14-4-8-20(29(23)34)16-24(30)28-21-9-2-1-6-19(21)17-26(33-28)22-10-3-7-18-12-13-25(31(36)37)32-27(18)22/h1-3,6-7,9-10,12-13,16-17,35H,4-5,8,11,14-15H2,(H,36,37). The van der Waals surface area contributed by atoms with Gasteiger partial charge in [-0.2, -0.15) is 0 Å². The Bertz CT molecular complexity index is 1740. The van der Waals surface area contributed by atoms with Crippen LogP contribution in [-0.4, -0.2) is 39.2 Å². The fourth-order valence-electron chi connectivity index (χ4n) is 6.04. The number of carboxylic acids is 1. The lowest BCUT2D eigenvalue weighted by Crippen LogP contribution is -2.34. The maximum atomic E-state index is 11.6. The first-order valence-electron chi connectivity index (χ1n) is 12.7. The number of anilines is 1. The number of phenols is 1. The Kier molecular flexibility index (Phi) is 4.89. The van der Waals surface area contributed by atoms with Crippen molar-refractivity contribution in [3.05, 3.63) is 83.6 Å². The topological polar surface area (TPSA) is 86.5 Å². The van der Waals surface area contributed by atoms with Gasteiger partial charge in [-0.15, -0.1) is 0 Å². The van der Waals surface area contributed by atoms with Gasteiger partial charge in [-0.1, -0.05) is 48.5 Å². The lowest BCUT2D eigenvalue weighted by Gasteiger charge is -2.37. The van der Waals surface area contributed by atoms with Gasteiger partial charge in [-0.3, -0.25) is 0 Å². The minimum Gasteiger partial charge on any atom is -0.507 e. The molecule has 0 saturated carbocycles. The number of rotatable bonds is 3. The second-order valence-electron chi connectivity index (χ2n) is 9.91. The SMILES string of the molecule is O=C(O)c1ccc2cccc(-c3cc4ccccc4c(-c4cc5c6c(c4O)CCCN6CCC5)n3)c2n1. The summed E-state index contributed by atoms with van der Waals surface area (Å²) in [5, 5.41) is 23.9. The Morgan fingerprint density at radius 3 is 2.51 bits per heavy atom. The first kappa shape index (κ1) is 21.8. The van der Waals surface area contributed by atoms with E-state index in [1.807, 2.05) is 48.5 Å². The van der Waals surface area contributed by atoms with E-state index in [0.717, 1.165) is 77.3 Å². The number of aryl methyl sites for hydroxylation is 1. The van der Waals surface area contributed by atoms with Crippen molar-refractivity contribution in [3.8, 4) is 28.3 Å². The summed E-state index contributed by atoms with van der Waals surface area (Å²) < 4.78 is 0. The zero-order chi connectivity index (χ0) is 25.1. The van der Waals surface area contributed by atoms with E-state index in [1.54, 1.807) is 6.07 Å².